The SMILES string of the molecule is COc1ccc(COC(=O)N[C@@H]2C3=NOCCN3C[C@H]2c2c(F)cc(Br)cc2F)cc1. The van der Waals surface area contributed by atoms with E-state index in [-0.39, 0.29) is 12.2 Å². The number of methoxy groups -OCH3 is 1. The van der Waals surface area contributed by atoms with Crippen LogP contribution in [0.3, 0.4) is 0 Å². The number of nitrogens with zero attached hydrogens (tertiary/aromatic N) is 2. The van der Waals surface area contributed by atoms with Crippen LogP contribution in [0.25, 0.3) is 0 Å². The Bertz CT molecular complexity index is 980. The van der Waals surface area contributed by atoms with Gasteiger partial charge in [-0.15, -0.1) is 0 Å². The zero-order chi connectivity index (χ0) is 22.0. The summed E-state index contributed by atoms with van der Waals surface area (Å²) < 4.78 is 40.0. The minimum Gasteiger partial charge on any atom is -0.497 e. The molecule has 1 N–H and O–H groups in total. The van der Waals surface area contributed by atoms with Gasteiger partial charge in [-0.3, -0.25) is 0 Å². The average molecular weight is 496 g/mol. The molecule has 2 aromatic rings. The fraction of sp³-hybridized carbons (Fsp3) is 0.333. The molecule has 10 heteroatoms. The maximum atomic E-state index is 14.7. The molecular weight excluding hydrogens is 476 g/mol. The monoisotopic (exact) mass is 495 g/mol. The number of alkyl carbamates (subject to hydrolysis) is 1. The van der Waals surface area contributed by atoms with Crippen molar-refractivity contribution in [2.24, 2.45) is 5.16 Å². The Kier molecular flexibility index (Phi) is 6.26. The lowest BCUT2D eigenvalue weighted by Gasteiger charge is -2.24. The lowest BCUT2D eigenvalue weighted by Crippen LogP contribution is -2.45. The molecule has 0 saturated carbocycles. The molecule has 4 rings (SSSR count). The number of fused-ring (bicyclic) bond motifs is 1. The van der Waals surface area contributed by atoms with Gasteiger partial charge in [0.05, 0.1) is 13.7 Å². The Morgan fingerprint density at radius 2 is 2.00 bits per heavy atom. The second-order valence-corrected chi connectivity index (χ2v) is 8.08. The number of amides is 1. The normalized spacial score (nSPS) is 19.9. The molecule has 2 aliphatic rings. The van der Waals surface area contributed by atoms with Crippen LogP contribution in [0.15, 0.2) is 46.0 Å². The van der Waals surface area contributed by atoms with Crippen LogP contribution in [0.2, 0.25) is 0 Å². The van der Waals surface area contributed by atoms with E-state index in [0.717, 1.165) is 5.56 Å². The molecule has 31 heavy (non-hydrogen) atoms. The van der Waals surface area contributed by atoms with Gasteiger partial charge >= 0.3 is 6.09 Å². The molecule has 2 aromatic carbocycles. The van der Waals surface area contributed by atoms with Gasteiger partial charge in [0, 0.05) is 22.5 Å². The number of ether oxygens (including phenoxy) is 2. The third-order valence-electron chi connectivity index (χ3n) is 5.25. The van der Waals surface area contributed by atoms with E-state index >= 15 is 0 Å². The van der Waals surface area contributed by atoms with Crippen LogP contribution in [-0.2, 0) is 16.2 Å². The van der Waals surface area contributed by atoms with Crippen molar-refractivity contribution in [2.45, 2.75) is 18.6 Å². The second kappa shape index (κ2) is 9.09. The van der Waals surface area contributed by atoms with Crippen molar-refractivity contribution in [3.63, 3.8) is 0 Å². The maximum absolute atomic E-state index is 14.7. The molecule has 1 amide bonds. The number of hydrogen-bond acceptors (Lipinski definition) is 6. The molecule has 7 nitrogen and oxygen atoms in total. The van der Waals surface area contributed by atoms with Crippen molar-refractivity contribution in [2.75, 3.05) is 26.8 Å². The van der Waals surface area contributed by atoms with E-state index in [2.05, 4.69) is 26.4 Å². The van der Waals surface area contributed by atoms with Crippen LogP contribution in [-0.4, -0.2) is 49.7 Å². The lowest BCUT2D eigenvalue weighted by molar-refractivity contribution is 0.105. The predicted molar refractivity (Wildman–Crippen MR) is 112 cm³/mol. The quantitative estimate of drug-likeness (QED) is 0.683. The maximum Gasteiger partial charge on any atom is 0.408 e. The highest BCUT2D eigenvalue weighted by Crippen LogP contribution is 2.35. The Morgan fingerprint density at radius 1 is 1.29 bits per heavy atom. The first-order valence-corrected chi connectivity index (χ1v) is 10.4. The summed E-state index contributed by atoms with van der Waals surface area (Å²) in [6, 6.07) is 8.67. The summed E-state index contributed by atoms with van der Waals surface area (Å²) in [6.07, 6.45) is -0.723. The van der Waals surface area contributed by atoms with Crippen molar-refractivity contribution in [1.29, 1.82) is 0 Å². The molecule has 0 radical (unpaired) electrons. The average Bonchev–Trinajstić information content (AvgIpc) is 3.10. The van der Waals surface area contributed by atoms with Crippen LogP contribution in [0, 0.1) is 11.6 Å². The van der Waals surface area contributed by atoms with Gasteiger partial charge in [0.2, 0.25) is 0 Å². The Balaban J connectivity index is 1.52. The molecule has 1 fully saturated rings. The van der Waals surface area contributed by atoms with E-state index in [9.17, 15) is 13.6 Å². The topological polar surface area (TPSA) is 72.4 Å². The van der Waals surface area contributed by atoms with Gasteiger partial charge in [0.25, 0.3) is 0 Å². The van der Waals surface area contributed by atoms with E-state index in [0.29, 0.717) is 35.8 Å². The first-order valence-electron chi connectivity index (χ1n) is 9.61. The predicted octanol–water partition coefficient (Wildman–Crippen LogP) is 3.77. The fourth-order valence-electron chi connectivity index (χ4n) is 3.77. The second-order valence-electron chi connectivity index (χ2n) is 7.16. The smallest absolute Gasteiger partial charge is 0.408 e. The Morgan fingerprint density at radius 3 is 2.68 bits per heavy atom. The van der Waals surface area contributed by atoms with Crippen molar-refractivity contribution in [3.8, 4) is 5.75 Å². The number of hydrogen-bond donors (Lipinski definition) is 1. The Hall–Kier alpha value is -2.88. The number of halogens is 3. The van der Waals surface area contributed by atoms with Crippen LogP contribution in [0.1, 0.15) is 17.0 Å². The summed E-state index contributed by atoms with van der Waals surface area (Å²) in [6.45, 7) is 1.19. The standard InChI is InChI=1S/C21H20BrF2N3O4/c1-29-14-4-2-12(3-5-14)11-30-21(28)25-19-15(10-27-6-7-31-26-20(19)27)18-16(23)8-13(22)9-17(18)24/h2-5,8-9,15,19H,6-7,10-11H2,1H3,(H,25,28)/t15-,19-/m0/s1. The van der Waals surface area contributed by atoms with Gasteiger partial charge in [0.1, 0.15) is 36.6 Å². The lowest BCUT2D eigenvalue weighted by atomic mass is 9.93. The van der Waals surface area contributed by atoms with Gasteiger partial charge in [-0.05, 0) is 29.8 Å². The number of benzene rings is 2. The minimum atomic E-state index is -0.797. The minimum absolute atomic E-state index is 0.0287. The summed E-state index contributed by atoms with van der Waals surface area (Å²) >= 11 is 3.09. The third-order valence-corrected chi connectivity index (χ3v) is 5.71. The highest BCUT2D eigenvalue weighted by Gasteiger charge is 2.44. The van der Waals surface area contributed by atoms with Gasteiger partial charge in [0.15, 0.2) is 5.84 Å². The van der Waals surface area contributed by atoms with Crippen molar-refractivity contribution in [1.82, 2.24) is 10.2 Å². The van der Waals surface area contributed by atoms with Crippen LogP contribution < -0.4 is 10.1 Å². The van der Waals surface area contributed by atoms with Crippen molar-refractivity contribution in [3.05, 3.63) is 63.6 Å². The van der Waals surface area contributed by atoms with E-state index in [1.807, 2.05) is 4.90 Å². The van der Waals surface area contributed by atoms with Crippen molar-refractivity contribution < 1.29 is 27.9 Å². The number of nitrogens with one attached hydrogen (secondary N) is 1. The van der Waals surface area contributed by atoms with Gasteiger partial charge in [-0.25, -0.2) is 13.6 Å². The van der Waals surface area contributed by atoms with Gasteiger partial charge in [-0.2, -0.15) is 0 Å². The number of oxime groups is 1. The number of rotatable bonds is 5. The zero-order valence-electron chi connectivity index (χ0n) is 16.6. The third kappa shape index (κ3) is 4.58. The van der Waals surface area contributed by atoms with E-state index in [4.69, 9.17) is 14.3 Å². The van der Waals surface area contributed by atoms with E-state index in [1.165, 1.54) is 12.1 Å². The highest BCUT2D eigenvalue weighted by molar-refractivity contribution is 9.10. The summed E-state index contributed by atoms with van der Waals surface area (Å²) in [5.41, 5.74) is 0.657. The molecule has 0 spiro atoms. The number of carbonyl (C=O) groups excluding carboxylic acids is 1. The van der Waals surface area contributed by atoms with Crippen LogP contribution in [0.5, 0.6) is 5.75 Å². The molecule has 2 heterocycles. The van der Waals surface area contributed by atoms with E-state index in [1.54, 1.807) is 31.4 Å². The fourth-order valence-corrected chi connectivity index (χ4v) is 4.17. The van der Waals surface area contributed by atoms with Crippen LogP contribution in [0.4, 0.5) is 13.6 Å². The molecular formula is C21H20BrF2N3O4. The van der Waals surface area contributed by atoms with Gasteiger partial charge in [-0.1, -0.05) is 33.2 Å². The summed E-state index contributed by atoms with van der Waals surface area (Å²) in [4.78, 5) is 19.5. The number of carbonyl (C=O) groups is 1. The van der Waals surface area contributed by atoms with Crippen LogP contribution >= 0.6 is 15.9 Å². The number of amidine groups is 1. The molecule has 164 valence electrons. The van der Waals surface area contributed by atoms with Crippen molar-refractivity contribution >= 4 is 27.9 Å². The molecule has 1 saturated heterocycles. The first kappa shape index (κ1) is 21.4. The highest BCUT2D eigenvalue weighted by atomic mass is 79.9. The zero-order valence-corrected chi connectivity index (χ0v) is 18.2. The first-order chi connectivity index (χ1) is 15.0. The molecule has 0 unspecified atom stereocenters. The molecule has 0 aliphatic carbocycles. The molecule has 2 aliphatic heterocycles. The summed E-state index contributed by atoms with van der Waals surface area (Å²) in [5, 5.41) is 6.73. The largest absolute Gasteiger partial charge is 0.497 e. The molecule has 2 atom stereocenters. The van der Waals surface area contributed by atoms with Gasteiger partial charge < -0.3 is 24.5 Å². The molecule has 0 bridgehead atoms. The summed E-state index contributed by atoms with van der Waals surface area (Å²) in [5.74, 6) is -0.981. The molecule has 0 aromatic heterocycles. The van der Waals surface area contributed by atoms with E-state index < -0.39 is 29.7 Å². The Labute approximate surface area is 186 Å². The summed E-state index contributed by atoms with van der Waals surface area (Å²) in [7, 11) is 1.56.